The van der Waals surface area contributed by atoms with Crippen molar-refractivity contribution in [3.05, 3.63) is 15.6 Å². The van der Waals surface area contributed by atoms with Crippen LogP contribution in [0.5, 0.6) is 0 Å². The van der Waals surface area contributed by atoms with Gasteiger partial charge < -0.3 is 15.0 Å². The Balaban J connectivity index is 0.00000280. The number of carbonyl (C=O) groups excluding carboxylic acids is 1. The predicted molar refractivity (Wildman–Crippen MR) is 125 cm³/mol. The van der Waals surface area contributed by atoms with E-state index in [1.807, 2.05) is 25.3 Å². The van der Waals surface area contributed by atoms with Gasteiger partial charge in [-0.2, -0.15) is 0 Å². The fourth-order valence-corrected chi connectivity index (χ4v) is 5.11. The average molecular weight is 520 g/mol. The molecule has 0 spiro atoms. The molecule has 1 aromatic rings. The number of aryl methyl sites for hydroxylation is 3. The van der Waals surface area contributed by atoms with Gasteiger partial charge >= 0.3 is 5.97 Å². The number of aromatic nitrogens is 1. The molecule has 0 saturated carbocycles. The minimum atomic E-state index is -0.0783. The summed E-state index contributed by atoms with van der Waals surface area (Å²) in [6.07, 6.45) is 8.94. The summed E-state index contributed by atoms with van der Waals surface area (Å²) in [5.74, 6) is 0.770. The number of ether oxygens (including phenoxy) is 1. The molecule has 1 atom stereocenters. The molecule has 0 bridgehead atoms. The third-order valence-corrected chi connectivity index (χ3v) is 6.51. The predicted octanol–water partition coefficient (Wildman–Crippen LogP) is 3.42. The number of piperidine rings is 1. The molecular formula is C20H33IN4O2S. The van der Waals surface area contributed by atoms with Crippen LogP contribution in [0.2, 0.25) is 0 Å². The van der Waals surface area contributed by atoms with Crippen molar-refractivity contribution in [2.45, 2.75) is 58.3 Å². The maximum Gasteiger partial charge on any atom is 0.310 e. The maximum atomic E-state index is 12.0. The SMILES string of the molecule is CCOC(=O)[C@H]1CCCN(C(=NC)NCCCc2nc3c(s2)CCCC3)C1.I. The van der Waals surface area contributed by atoms with Gasteiger partial charge in [0, 0.05) is 38.0 Å². The van der Waals surface area contributed by atoms with E-state index < -0.39 is 0 Å². The molecule has 8 heteroatoms. The van der Waals surface area contributed by atoms with Crippen LogP contribution in [0.3, 0.4) is 0 Å². The van der Waals surface area contributed by atoms with E-state index in [4.69, 9.17) is 9.72 Å². The van der Waals surface area contributed by atoms with Crippen molar-refractivity contribution in [2.75, 3.05) is 33.3 Å². The molecule has 1 aliphatic carbocycles. The summed E-state index contributed by atoms with van der Waals surface area (Å²) in [5.41, 5.74) is 1.35. The molecule has 6 nitrogen and oxygen atoms in total. The number of nitrogens with one attached hydrogen (secondary N) is 1. The highest BCUT2D eigenvalue weighted by Crippen LogP contribution is 2.27. The first-order valence-electron chi connectivity index (χ1n) is 10.3. The Labute approximate surface area is 189 Å². The Bertz CT molecular complexity index is 641. The lowest BCUT2D eigenvalue weighted by Crippen LogP contribution is -2.48. The zero-order valence-electron chi connectivity index (χ0n) is 17.0. The summed E-state index contributed by atoms with van der Waals surface area (Å²) >= 11 is 1.91. The fourth-order valence-electron chi connectivity index (χ4n) is 3.91. The van der Waals surface area contributed by atoms with Crippen LogP contribution in [0.15, 0.2) is 4.99 Å². The topological polar surface area (TPSA) is 66.8 Å². The lowest BCUT2D eigenvalue weighted by atomic mass is 9.98. The molecule has 1 fully saturated rings. The number of aliphatic imine (C=N–C) groups is 1. The van der Waals surface area contributed by atoms with E-state index in [9.17, 15) is 4.79 Å². The summed E-state index contributed by atoms with van der Waals surface area (Å²) in [7, 11) is 1.81. The number of halogens is 1. The lowest BCUT2D eigenvalue weighted by molar-refractivity contribution is -0.149. The van der Waals surface area contributed by atoms with Crippen molar-refractivity contribution in [3.63, 3.8) is 0 Å². The number of carbonyl (C=O) groups is 1. The van der Waals surface area contributed by atoms with Gasteiger partial charge in [0.1, 0.15) is 0 Å². The van der Waals surface area contributed by atoms with Crippen LogP contribution in [0.25, 0.3) is 0 Å². The second-order valence-electron chi connectivity index (χ2n) is 7.30. The molecule has 0 aromatic carbocycles. The van der Waals surface area contributed by atoms with Crippen LogP contribution >= 0.6 is 35.3 Å². The number of fused-ring (bicyclic) bond motifs is 1. The molecule has 2 heterocycles. The highest BCUT2D eigenvalue weighted by atomic mass is 127. The van der Waals surface area contributed by atoms with Crippen molar-refractivity contribution in [1.82, 2.24) is 15.2 Å². The van der Waals surface area contributed by atoms with E-state index in [-0.39, 0.29) is 35.9 Å². The molecule has 158 valence electrons. The summed E-state index contributed by atoms with van der Waals surface area (Å²) in [6.45, 7) is 4.81. The van der Waals surface area contributed by atoms with Gasteiger partial charge in [0.2, 0.25) is 0 Å². The zero-order valence-corrected chi connectivity index (χ0v) is 20.2. The molecular weight excluding hydrogens is 487 g/mol. The van der Waals surface area contributed by atoms with E-state index >= 15 is 0 Å². The van der Waals surface area contributed by atoms with E-state index in [0.717, 1.165) is 51.2 Å². The lowest BCUT2D eigenvalue weighted by Gasteiger charge is -2.33. The minimum Gasteiger partial charge on any atom is -0.466 e. The second kappa shape index (κ2) is 11.9. The Kier molecular flexibility index (Phi) is 9.98. The van der Waals surface area contributed by atoms with Crippen LogP contribution in [-0.2, 0) is 28.8 Å². The Morgan fingerprint density at radius 1 is 1.36 bits per heavy atom. The first kappa shape index (κ1) is 23.4. The van der Waals surface area contributed by atoms with Gasteiger partial charge in [-0.05, 0) is 51.9 Å². The number of esters is 1. The number of thiazole rings is 1. The summed E-state index contributed by atoms with van der Waals surface area (Å²) in [5, 5.41) is 4.74. The molecule has 0 amide bonds. The minimum absolute atomic E-state index is 0. The molecule has 2 aliphatic rings. The zero-order chi connectivity index (χ0) is 19.1. The second-order valence-corrected chi connectivity index (χ2v) is 8.47. The smallest absolute Gasteiger partial charge is 0.310 e. The van der Waals surface area contributed by atoms with Crippen molar-refractivity contribution < 1.29 is 9.53 Å². The maximum absolute atomic E-state index is 12.0. The van der Waals surface area contributed by atoms with Gasteiger partial charge in [0.25, 0.3) is 0 Å². The fraction of sp³-hybridized carbons (Fsp3) is 0.750. The highest BCUT2D eigenvalue weighted by Gasteiger charge is 2.28. The van der Waals surface area contributed by atoms with E-state index in [1.54, 1.807) is 0 Å². The monoisotopic (exact) mass is 520 g/mol. The van der Waals surface area contributed by atoms with Crippen LogP contribution in [0.4, 0.5) is 0 Å². The number of likely N-dealkylation sites (tertiary alicyclic amines) is 1. The molecule has 1 aromatic heterocycles. The molecule has 0 radical (unpaired) electrons. The van der Waals surface area contributed by atoms with E-state index in [0.29, 0.717) is 13.2 Å². The number of rotatable bonds is 6. The van der Waals surface area contributed by atoms with Gasteiger partial charge in [-0.15, -0.1) is 35.3 Å². The number of hydrogen-bond acceptors (Lipinski definition) is 5. The van der Waals surface area contributed by atoms with Gasteiger partial charge in [0.05, 0.1) is 23.2 Å². The third-order valence-electron chi connectivity index (χ3n) is 5.29. The molecule has 3 rings (SSSR count). The summed E-state index contributed by atoms with van der Waals surface area (Å²) in [6, 6.07) is 0. The number of hydrogen-bond donors (Lipinski definition) is 1. The van der Waals surface area contributed by atoms with Crippen molar-refractivity contribution in [1.29, 1.82) is 0 Å². The van der Waals surface area contributed by atoms with Gasteiger partial charge in [-0.25, -0.2) is 4.98 Å². The van der Waals surface area contributed by atoms with Crippen LogP contribution in [0.1, 0.15) is 54.6 Å². The van der Waals surface area contributed by atoms with E-state index in [1.165, 1.54) is 34.8 Å². The third kappa shape index (κ3) is 6.30. The summed E-state index contributed by atoms with van der Waals surface area (Å²) < 4.78 is 5.19. The Morgan fingerprint density at radius 3 is 2.93 bits per heavy atom. The van der Waals surface area contributed by atoms with Crippen LogP contribution < -0.4 is 5.32 Å². The molecule has 1 N–H and O–H groups in total. The quantitative estimate of drug-likeness (QED) is 0.205. The number of nitrogens with zero attached hydrogens (tertiary/aromatic N) is 3. The largest absolute Gasteiger partial charge is 0.466 e. The molecule has 1 aliphatic heterocycles. The number of guanidine groups is 1. The highest BCUT2D eigenvalue weighted by molar-refractivity contribution is 14.0. The van der Waals surface area contributed by atoms with Crippen molar-refractivity contribution >= 4 is 47.2 Å². The van der Waals surface area contributed by atoms with E-state index in [2.05, 4.69) is 15.2 Å². The van der Waals surface area contributed by atoms with Crippen molar-refractivity contribution in [2.24, 2.45) is 10.9 Å². The van der Waals surface area contributed by atoms with Gasteiger partial charge in [-0.1, -0.05) is 0 Å². The first-order chi connectivity index (χ1) is 13.2. The average Bonchev–Trinajstić information content (AvgIpc) is 3.11. The Hall–Kier alpha value is -0.900. The summed E-state index contributed by atoms with van der Waals surface area (Å²) in [4.78, 5) is 25.0. The molecule has 28 heavy (non-hydrogen) atoms. The Morgan fingerprint density at radius 2 is 2.18 bits per heavy atom. The van der Waals surface area contributed by atoms with Gasteiger partial charge in [0.15, 0.2) is 5.96 Å². The van der Waals surface area contributed by atoms with Crippen molar-refractivity contribution in [3.8, 4) is 0 Å². The molecule has 0 unspecified atom stereocenters. The van der Waals surface area contributed by atoms with Gasteiger partial charge in [-0.3, -0.25) is 9.79 Å². The first-order valence-corrected chi connectivity index (χ1v) is 11.1. The molecule has 1 saturated heterocycles. The van der Waals surface area contributed by atoms with Crippen LogP contribution in [0, 0.1) is 5.92 Å². The normalized spacial score (nSPS) is 19.6. The standard InChI is InChI=1S/C20H32N4O2S.HI/c1-3-26-19(25)15-8-7-13-24(14-15)20(21-2)22-12-6-11-18-23-16-9-4-5-10-17(16)27-18;/h15H,3-14H2,1-2H3,(H,21,22);1H/t15-;/m0./s1. The van der Waals surface area contributed by atoms with Crippen LogP contribution in [-0.4, -0.2) is 55.1 Å².